The SMILES string of the molecule is Cc1ccc(-c2cccc(CCCOc3ccc(S(=O)(=O)C4(C(=O)NO)CCOCC4)cc3)c2)cc1.O=C(NO)C1(S(=O)(=O)c2ccc(OCCCc3cccc(-c4cc(Cl)cc(Cl)c4)c3)cc2)CCOCC1.O=C(NO)C1(S(=O)(=O)c2ccc(OCCCc3cccc(-c4ccc(Cl)cc4Cl)c3)cc2)CCOCC1.O=C(NO)C1(S(=O)(=O)c2ccc(OCCCc3cccc(-c4ccc(F)c(F)c4)c3)cc2)CCOCC1. The van der Waals surface area contributed by atoms with E-state index in [4.69, 9.17) is 105 Å². The number of hydrogen-bond acceptors (Lipinski definition) is 24. The van der Waals surface area contributed by atoms with Crippen LogP contribution in [0.15, 0.2) is 293 Å². The Labute approximate surface area is 872 Å². The molecule has 4 amide bonds. The molecule has 0 aromatic heterocycles. The van der Waals surface area contributed by atoms with Gasteiger partial charge in [-0.15, -0.1) is 0 Å². The van der Waals surface area contributed by atoms with Gasteiger partial charge in [-0.3, -0.25) is 40.0 Å². The van der Waals surface area contributed by atoms with Crippen molar-refractivity contribution < 1.29 is 120 Å². The summed E-state index contributed by atoms with van der Waals surface area (Å²) in [7, 11) is -16.3. The molecule has 12 aromatic rings. The monoisotopic (exact) mass is 2170 g/mol. The fourth-order valence-electron chi connectivity index (χ4n) is 17.8. The van der Waals surface area contributed by atoms with Crippen molar-refractivity contribution in [3.8, 4) is 67.5 Å². The zero-order chi connectivity index (χ0) is 105. The molecule has 4 aliphatic heterocycles. The van der Waals surface area contributed by atoms with Gasteiger partial charge in [0.25, 0.3) is 23.6 Å². The number of benzene rings is 12. The molecule has 0 spiro atoms. The van der Waals surface area contributed by atoms with Crippen LogP contribution in [0.5, 0.6) is 23.0 Å². The van der Waals surface area contributed by atoms with E-state index >= 15 is 0 Å². The lowest BCUT2D eigenvalue weighted by Crippen LogP contribution is -2.54. The summed E-state index contributed by atoms with van der Waals surface area (Å²) in [6, 6.07) is 79.3. The maximum Gasteiger partial charge on any atom is 0.265 e. The highest BCUT2D eigenvalue weighted by Crippen LogP contribution is 2.43. The number of hydrogen-bond donors (Lipinski definition) is 8. The minimum absolute atomic E-state index is 0.00766. The van der Waals surface area contributed by atoms with E-state index in [9.17, 15) is 61.6 Å². The number of hydroxylamine groups is 4. The molecule has 4 fully saturated rings. The number of rotatable bonds is 36. The molecule has 147 heavy (non-hydrogen) atoms. The van der Waals surface area contributed by atoms with Crippen LogP contribution in [-0.4, -0.2) is 176 Å². The fourth-order valence-corrected chi connectivity index (χ4v) is 26.6. The van der Waals surface area contributed by atoms with Crippen LogP contribution in [0, 0.1) is 18.6 Å². The first-order valence-corrected chi connectivity index (χ1v) is 54.9. The maximum atomic E-state index is 13.6. The fraction of sp³-hybridized carbons (Fsp3) is 0.303. The van der Waals surface area contributed by atoms with Crippen molar-refractivity contribution in [1.82, 2.24) is 21.9 Å². The van der Waals surface area contributed by atoms with Crippen LogP contribution in [0.3, 0.4) is 0 Å². The van der Waals surface area contributed by atoms with Gasteiger partial charge in [0.1, 0.15) is 23.0 Å². The molecule has 0 radical (unpaired) electrons. The lowest BCUT2D eigenvalue weighted by molar-refractivity contribution is -0.135. The van der Waals surface area contributed by atoms with Crippen molar-refractivity contribution >= 4 is 109 Å². The van der Waals surface area contributed by atoms with Gasteiger partial charge in [-0.25, -0.2) is 64.4 Å². The van der Waals surface area contributed by atoms with Gasteiger partial charge in [-0.1, -0.05) is 185 Å². The van der Waals surface area contributed by atoms with Gasteiger partial charge in [-0.2, -0.15) is 0 Å². The molecule has 0 aliphatic carbocycles. The summed E-state index contributed by atoms with van der Waals surface area (Å²) < 4.78 is 170. The number of carbonyl (C=O) groups is 4. The van der Waals surface area contributed by atoms with Crippen molar-refractivity contribution in [2.75, 3.05) is 79.3 Å². The quantitative estimate of drug-likeness (QED) is 0.0103. The van der Waals surface area contributed by atoms with E-state index in [-0.39, 0.29) is 124 Å². The van der Waals surface area contributed by atoms with Crippen LogP contribution in [0.2, 0.25) is 20.1 Å². The molecule has 4 aliphatic rings. The normalized spacial score (nSPS) is 15.2. The number of halogens is 6. The van der Waals surface area contributed by atoms with Crippen LogP contribution >= 0.6 is 46.4 Å². The number of nitrogens with one attached hydrogen (secondary N) is 4. The van der Waals surface area contributed by atoms with Gasteiger partial charge >= 0.3 is 0 Å². The third kappa shape index (κ3) is 27.5. The molecule has 0 unspecified atom stereocenters. The molecule has 0 saturated carbocycles. The molecule has 4 heterocycles. The lowest BCUT2D eigenvalue weighted by Gasteiger charge is -2.34. The third-order valence-electron chi connectivity index (χ3n) is 26.2. The highest BCUT2D eigenvalue weighted by atomic mass is 35.5. The molecule has 8 N–H and O–H groups in total. The maximum absolute atomic E-state index is 13.6. The summed E-state index contributed by atoms with van der Waals surface area (Å²) in [5.74, 6) is -3.50. The van der Waals surface area contributed by atoms with Crippen LogP contribution < -0.4 is 40.9 Å². The van der Waals surface area contributed by atoms with Gasteiger partial charge in [0.15, 0.2) is 70.0 Å². The minimum atomic E-state index is -4.10. The first-order chi connectivity index (χ1) is 70.6. The van der Waals surface area contributed by atoms with E-state index in [0.717, 1.165) is 89.1 Å². The molecular formula is C109H112Cl4F2N4O24S4. The summed E-state index contributed by atoms with van der Waals surface area (Å²) in [5, 5.41) is 39.0. The van der Waals surface area contributed by atoms with Crippen LogP contribution in [-0.2, 0) is 103 Å². The molecular weight excluding hydrogens is 2060 g/mol. The smallest absolute Gasteiger partial charge is 0.265 e. The second-order valence-electron chi connectivity index (χ2n) is 35.5. The van der Waals surface area contributed by atoms with E-state index in [0.29, 0.717) is 87.9 Å². The molecule has 28 nitrogen and oxygen atoms in total. The lowest BCUT2D eigenvalue weighted by atomic mass is 9.98. The highest BCUT2D eigenvalue weighted by molar-refractivity contribution is 7.94. The van der Waals surface area contributed by atoms with Gasteiger partial charge in [-0.05, 0) is 310 Å². The molecule has 0 bridgehead atoms. The molecule has 38 heteroatoms. The van der Waals surface area contributed by atoms with Gasteiger partial charge in [0.2, 0.25) is 0 Å². The average Bonchev–Trinajstić information content (AvgIpc) is 0.757. The van der Waals surface area contributed by atoms with Gasteiger partial charge in [0.05, 0.1) is 46.0 Å². The first-order valence-electron chi connectivity index (χ1n) is 47.4. The Balaban J connectivity index is 0.000000164. The Morgan fingerprint density at radius 2 is 0.571 bits per heavy atom. The van der Waals surface area contributed by atoms with Crippen molar-refractivity contribution in [3.05, 3.63) is 333 Å². The average molecular weight is 2170 g/mol. The third-order valence-corrected chi connectivity index (χ3v) is 37.2. The Morgan fingerprint density at radius 3 is 0.864 bits per heavy atom. The summed E-state index contributed by atoms with van der Waals surface area (Å²) in [4.78, 5) is 49.4. The second-order valence-corrected chi connectivity index (χ2v) is 46.2. The van der Waals surface area contributed by atoms with Crippen LogP contribution in [0.1, 0.15) is 105 Å². The Kier molecular flexibility index (Phi) is 39.7. The number of sulfone groups is 4. The largest absolute Gasteiger partial charge is 0.494 e. The summed E-state index contributed by atoms with van der Waals surface area (Å²) >= 11 is 24.6. The summed E-state index contributed by atoms with van der Waals surface area (Å²) in [6.45, 7) is 4.70. The van der Waals surface area contributed by atoms with Gasteiger partial charge in [0, 0.05) is 78.5 Å². The highest BCUT2D eigenvalue weighted by Gasteiger charge is 2.56. The van der Waals surface area contributed by atoms with Crippen molar-refractivity contribution in [2.45, 2.75) is 148 Å². The Hall–Kier alpha value is -11.8. The number of amides is 4. The minimum Gasteiger partial charge on any atom is -0.494 e. The molecule has 4 saturated heterocycles. The molecule has 778 valence electrons. The van der Waals surface area contributed by atoms with E-state index in [1.54, 1.807) is 48.5 Å². The summed E-state index contributed by atoms with van der Waals surface area (Å²) in [5.41, 5.74) is 19.4. The number of carbonyl (C=O) groups excluding carboxylic acids is 4. The molecule has 12 aromatic carbocycles. The first kappa shape index (κ1) is 112. The standard InChI is InChI=1S/C28H31NO6S.2C27H27Cl2NO6S.C27H27F2NO6S/c1-21-7-9-23(10-8-21)24-6-2-4-22(20-24)5-3-17-35-25-11-13-26(14-12-25)36(32,33)28(27(30)29-31)15-18-34-19-16-28;28-21-6-11-24(25(29)18-21)20-5-1-3-19(17-20)4-2-14-36-22-7-9-23(10-8-22)37(33,34)27(26(31)30-32)12-15-35-16-13-27;28-22-16-21(17-23(29)18-22)20-5-1-3-19(15-20)4-2-12-36-24-6-8-25(9-7-24)37(33,34)27(26(31)30-32)10-13-35-14-11-27;28-24-11-6-21(18-25(24)29)20-5-1-3-19(17-20)4-2-14-36-22-7-9-23(10-8-22)37(33,34)27(26(31)30-32)12-15-35-16-13-27/h2,4,6-14,20,31H,3,5,15-19H2,1H3,(H,29,30);1,3,5-11,17-18,32H,2,4,12-16H2,(H,30,31);1,3,5-9,15-18,32H,2,4,10-14H2,(H,30,31);1,3,5-11,17-18,32H,2,4,12-16H2,(H,30,31). The predicted octanol–water partition coefficient (Wildman–Crippen LogP) is 20.0. The van der Waals surface area contributed by atoms with Crippen molar-refractivity contribution in [2.24, 2.45) is 0 Å². The zero-order valence-corrected chi connectivity index (χ0v) is 86.4. The van der Waals surface area contributed by atoms with E-state index in [1.165, 1.54) is 117 Å². The number of ether oxygens (including phenoxy) is 8. The van der Waals surface area contributed by atoms with E-state index in [1.807, 2.05) is 84.9 Å². The predicted molar refractivity (Wildman–Crippen MR) is 553 cm³/mol. The zero-order valence-electron chi connectivity index (χ0n) is 80.1. The topological polar surface area (TPSA) is 408 Å². The Morgan fingerprint density at radius 1 is 0.299 bits per heavy atom. The van der Waals surface area contributed by atoms with E-state index in [2.05, 4.69) is 67.6 Å². The summed E-state index contributed by atoms with van der Waals surface area (Å²) in [6.07, 6.45) is 5.77. The van der Waals surface area contributed by atoms with Crippen LogP contribution in [0.25, 0.3) is 44.5 Å². The Bertz CT molecular complexity index is 7010. The molecule has 0 atom stereocenters. The van der Waals surface area contributed by atoms with Gasteiger partial charge < -0.3 is 37.9 Å². The van der Waals surface area contributed by atoms with Crippen molar-refractivity contribution in [1.29, 1.82) is 0 Å². The van der Waals surface area contributed by atoms with E-state index < -0.39 is 93.6 Å². The molecule has 16 rings (SSSR count). The van der Waals surface area contributed by atoms with Crippen molar-refractivity contribution in [3.63, 3.8) is 0 Å². The second kappa shape index (κ2) is 51.9. The number of aryl methyl sites for hydroxylation is 5. The van der Waals surface area contributed by atoms with Crippen LogP contribution in [0.4, 0.5) is 8.78 Å².